The van der Waals surface area contributed by atoms with Crippen molar-refractivity contribution in [3.63, 3.8) is 0 Å². The van der Waals surface area contributed by atoms with Gasteiger partial charge in [0.2, 0.25) is 20.0 Å². The zero-order valence-corrected chi connectivity index (χ0v) is 18.6. The highest BCUT2D eigenvalue weighted by molar-refractivity contribution is 7.89. The molecular weight excluding hydrogens is 416 g/mol. The second-order valence-electron chi connectivity index (χ2n) is 7.08. The Kier molecular flexibility index (Phi) is 6.04. The van der Waals surface area contributed by atoms with Gasteiger partial charge in [-0.2, -0.15) is 13.7 Å². The van der Waals surface area contributed by atoms with Gasteiger partial charge in [0.1, 0.15) is 15.5 Å². The first-order valence-corrected chi connectivity index (χ1v) is 12.1. The molecular formula is C18H26N4O5S2. The van der Waals surface area contributed by atoms with Crippen LogP contribution in [0.2, 0.25) is 0 Å². The van der Waals surface area contributed by atoms with E-state index in [9.17, 15) is 16.8 Å². The molecule has 3 rings (SSSR count). The highest BCUT2D eigenvalue weighted by Gasteiger charge is 2.35. The van der Waals surface area contributed by atoms with Crippen molar-refractivity contribution < 1.29 is 21.6 Å². The van der Waals surface area contributed by atoms with E-state index in [1.54, 1.807) is 32.0 Å². The highest BCUT2D eigenvalue weighted by Crippen LogP contribution is 2.29. The standard InChI is InChI=1S/C18H26N4O5S2/c1-13-6-7-16(27-4)17(12-13)28(23,24)21-8-5-9-22(11-10-21)29(25,26)18-14(2)19-20-15(18)3/h6-7,12H,5,8-11H2,1-4H3,(H,19,20). The van der Waals surface area contributed by atoms with Crippen molar-refractivity contribution in [3.05, 3.63) is 35.2 Å². The van der Waals surface area contributed by atoms with Gasteiger partial charge in [0.15, 0.2) is 0 Å². The first kappa shape index (κ1) is 21.8. The van der Waals surface area contributed by atoms with Gasteiger partial charge in [-0.1, -0.05) is 6.07 Å². The van der Waals surface area contributed by atoms with E-state index < -0.39 is 20.0 Å². The van der Waals surface area contributed by atoms with Gasteiger partial charge in [0, 0.05) is 26.2 Å². The van der Waals surface area contributed by atoms with Gasteiger partial charge in [-0.3, -0.25) is 5.10 Å². The molecule has 1 aromatic carbocycles. The van der Waals surface area contributed by atoms with Gasteiger partial charge >= 0.3 is 0 Å². The minimum absolute atomic E-state index is 0.0641. The molecule has 1 fully saturated rings. The van der Waals surface area contributed by atoms with Crippen LogP contribution in [0, 0.1) is 20.8 Å². The lowest BCUT2D eigenvalue weighted by Gasteiger charge is -2.22. The van der Waals surface area contributed by atoms with Crippen molar-refractivity contribution in [2.75, 3.05) is 33.3 Å². The number of rotatable bonds is 5. The second-order valence-corrected chi connectivity index (χ2v) is 10.9. The summed E-state index contributed by atoms with van der Waals surface area (Å²) < 4.78 is 60.5. The highest BCUT2D eigenvalue weighted by atomic mass is 32.2. The van der Waals surface area contributed by atoms with E-state index in [2.05, 4.69) is 10.2 Å². The summed E-state index contributed by atoms with van der Waals surface area (Å²) in [5, 5.41) is 6.67. The summed E-state index contributed by atoms with van der Waals surface area (Å²) in [5.74, 6) is 0.272. The Morgan fingerprint density at radius 1 is 0.966 bits per heavy atom. The van der Waals surface area contributed by atoms with Crippen molar-refractivity contribution in [1.29, 1.82) is 0 Å². The first-order valence-electron chi connectivity index (χ1n) is 9.25. The Labute approximate surface area is 171 Å². The lowest BCUT2D eigenvalue weighted by Crippen LogP contribution is -2.37. The number of nitrogens with one attached hydrogen (secondary N) is 1. The molecule has 0 atom stereocenters. The third-order valence-electron chi connectivity index (χ3n) is 5.01. The van der Waals surface area contributed by atoms with Gasteiger partial charge in [0.25, 0.3) is 0 Å². The van der Waals surface area contributed by atoms with Crippen LogP contribution in [-0.2, 0) is 20.0 Å². The van der Waals surface area contributed by atoms with Crippen molar-refractivity contribution in [2.24, 2.45) is 0 Å². The average molecular weight is 443 g/mol. The third-order valence-corrected chi connectivity index (χ3v) is 9.09. The van der Waals surface area contributed by atoms with Crippen LogP contribution < -0.4 is 4.74 Å². The molecule has 1 N–H and O–H groups in total. The van der Waals surface area contributed by atoms with Crippen LogP contribution in [0.4, 0.5) is 0 Å². The number of benzene rings is 1. The quantitative estimate of drug-likeness (QED) is 0.750. The number of nitrogens with zero attached hydrogens (tertiary/aromatic N) is 3. The number of aryl methyl sites for hydroxylation is 3. The first-order chi connectivity index (χ1) is 13.6. The molecule has 29 heavy (non-hydrogen) atoms. The Balaban J connectivity index is 1.88. The lowest BCUT2D eigenvalue weighted by molar-refractivity contribution is 0.388. The maximum absolute atomic E-state index is 13.2. The van der Waals surface area contributed by atoms with E-state index in [0.717, 1.165) is 5.56 Å². The smallest absolute Gasteiger partial charge is 0.246 e. The zero-order chi connectivity index (χ0) is 21.4. The van der Waals surface area contributed by atoms with E-state index in [1.165, 1.54) is 15.7 Å². The average Bonchev–Trinajstić information content (AvgIpc) is 2.87. The van der Waals surface area contributed by atoms with Crippen LogP contribution in [0.3, 0.4) is 0 Å². The molecule has 0 radical (unpaired) electrons. The number of methoxy groups -OCH3 is 1. The van der Waals surface area contributed by atoms with E-state index >= 15 is 0 Å². The normalized spacial score (nSPS) is 17.2. The predicted octanol–water partition coefficient (Wildman–Crippen LogP) is 1.43. The van der Waals surface area contributed by atoms with Crippen LogP contribution in [0.15, 0.2) is 28.0 Å². The van der Waals surface area contributed by atoms with Crippen LogP contribution in [-0.4, -0.2) is 68.9 Å². The molecule has 2 aromatic rings. The number of sulfonamides is 2. The molecule has 1 aromatic heterocycles. The summed E-state index contributed by atoms with van der Waals surface area (Å²) in [4.78, 5) is 0.256. The number of hydrogen-bond acceptors (Lipinski definition) is 6. The van der Waals surface area contributed by atoms with E-state index in [4.69, 9.17) is 4.74 Å². The van der Waals surface area contributed by atoms with Crippen molar-refractivity contribution in [3.8, 4) is 5.75 Å². The molecule has 0 aliphatic carbocycles. The maximum Gasteiger partial charge on any atom is 0.246 e. The molecule has 9 nitrogen and oxygen atoms in total. The fraction of sp³-hybridized carbons (Fsp3) is 0.500. The molecule has 1 saturated heterocycles. The minimum atomic E-state index is -3.82. The Morgan fingerprint density at radius 2 is 1.59 bits per heavy atom. The molecule has 11 heteroatoms. The van der Waals surface area contributed by atoms with Crippen molar-refractivity contribution in [2.45, 2.75) is 37.0 Å². The van der Waals surface area contributed by atoms with Crippen LogP contribution in [0.25, 0.3) is 0 Å². The number of hydrogen-bond donors (Lipinski definition) is 1. The molecule has 0 saturated carbocycles. The minimum Gasteiger partial charge on any atom is -0.495 e. The fourth-order valence-electron chi connectivity index (χ4n) is 3.53. The van der Waals surface area contributed by atoms with Crippen LogP contribution in [0.1, 0.15) is 23.4 Å². The summed E-state index contributed by atoms with van der Waals surface area (Å²) in [6.07, 6.45) is 0.391. The van der Waals surface area contributed by atoms with Gasteiger partial charge < -0.3 is 4.74 Å². The topological polar surface area (TPSA) is 113 Å². The molecule has 1 aliphatic rings. The summed E-state index contributed by atoms with van der Waals surface area (Å²) in [6.45, 7) is 5.71. The molecule has 0 unspecified atom stereocenters. The molecule has 0 spiro atoms. The summed E-state index contributed by atoms with van der Waals surface area (Å²) >= 11 is 0. The van der Waals surface area contributed by atoms with Crippen LogP contribution in [0.5, 0.6) is 5.75 Å². The summed E-state index contributed by atoms with van der Waals surface area (Å²) in [6, 6.07) is 4.98. The van der Waals surface area contributed by atoms with Gasteiger partial charge in [-0.15, -0.1) is 0 Å². The summed E-state index contributed by atoms with van der Waals surface area (Å²) in [7, 11) is -6.16. The second kappa shape index (κ2) is 8.05. The summed E-state index contributed by atoms with van der Waals surface area (Å²) in [5.41, 5.74) is 1.68. The van der Waals surface area contributed by atoms with Gasteiger partial charge in [0.05, 0.1) is 18.5 Å². The fourth-order valence-corrected chi connectivity index (χ4v) is 7.04. The zero-order valence-electron chi connectivity index (χ0n) is 17.0. The molecule has 160 valence electrons. The number of aromatic nitrogens is 2. The number of aromatic amines is 1. The Morgan fingerprint density at radius 3 is 2.14 bits per heavy atom. The monoisotopic (exact) mass is 442 g/mol. The molecule has 1 aliphatic heterocycles. The number of ether oxygens (including phenoxy) is 1. The van der Waals surface area contributed by atoms with E-state index in [0.29, 0.717) is 17.8 Å². The van der Waals surface area contributed by atoms with Crippen molar-refractivity contribution in [1.82, 2.24) is 18.8 Å². The van der Waals surface area contributed by atoms with Crippen molar-refractivity contribution >= 4 is 20.0 Å². The molecule has 0 bridgehead atoms. The van der Waals surface area contributed by atoms with E-state index in [-0.39, 0.29) is 41.7 Å². The Hall–Kier alpha value is -1.95. The maximum atomic E-state index is 13.2. The largest absolute Gasteiger partial charge is 0.495 e. The lowest BCUT2D eigenvalue weighted by atomic mass is 10.2. The Bertz CT molecular complexity index is 1090. The third kappa shape index (κ3) is 4.04. The molecule has 0 amide bonds. The molecule has 2 heterocycles. The van der Waals surface area contributed by atoms with Gasteiger partial charge in [-0.05, 0) is 44.9 Å². The van der Waals surface area contributed by atoms with E-state index in [1.807, 2.05) is 6.92 Å². The number of H-pyrrole nitrogens is 1. The SMILES string of the molecule is COc1ccc(C)cc1S(=O)(=O)N1CCCN(S(=O)(=O)c2c(C)n[nH]c2C)CC1. The van der Waals surface area contributed by atoms with Gasteiger partial charge in [-0.25, -0.2) is 16.8 Å². The van der Waals surface area contributed by atoms with Crippen LogP contribution >= 0.6 is 0 Å². The predicted molar refractivity (Wildman–Crippen MR) is 108 cm³/mol.